The Balaban J connectivity index is 3.01. The number of hydrogen-bond acceptors (Lipinski definition) is 3. The van der Waals surface area contributed by atoms with Crippen molar-refractivity contribution in [3.63, 3.8) is 0 Å². The molecule has 0 aromatic heterocycles. The van der Waals surface area contributed by atoms with Gasteiger partial charge < -0.3 is 14.8 Å². The third-order valence-corrected chi connectivity index (χ3v) is 3.03. The monoisotopic (exact) mass is 319 g/mol. The van der Waals surface area contributed by atoms with Crippen molar-refractivity contribution < 1.29 is 13.9 Å². The predicted molar refractivity (Wildman–Crippen MR) is 72.9 cm³/mol. The summed E-state index contributed by atoms with van der Waals surface area (Å²) in [7, 11) is 1.76. The molecule has 1 rings (SSSR count). The summed E-state index contributed by atoms with van der Waals surface area (Å²) in [6, 6.07) is 4.49. The van der Waals surface area contributed by atoms with Crippen LogP contribution in [0.15, 0.2) is 22.7 Å². The fourth-order valence-corrected chi connectivity index (χ4v) is 2.14. The minimum atomic E-state index is -0.506. The first-order valence-corrected chi connectivity index (χ1v) is 6.78. The van der Waals surface area contributed by atoms with Gasteiger partial charge in [-0.15, -0.1) is 0 Å². The molecule has 3 nitrogen and oxygen atoms in total. The Hall–Kier alpha value is -0.490. The lowest BCUT2D eigenvalue weighted by Gasteiger charge is -2.27. The molecule has 0 heterocycles. The lowest BCUT2D eigenvalue weighted by Crippen LogP contribution is -2.34. The van der Waals surface area contributed by atoms with E-state index in [-0.39, 0.29) is 11.9 Å². The number of nitrogens with one attached hydrogen (secondary N) is 1. The van der Waals surface area contributed by atoms with E-state index in [1.54, 1.807) is 19.2 Å². The minimum Gasteiger partial charge on any atom is -0.351 e. The van der Waals surface area contributed by atoms with Crippen LogP contribution in [-0.4, -0.2) is 26.6 Å². The van der Waals surface area contributed by atoms with E-state index in [1.165, 1.54) is 6.07 Å². The van der Waals surface area contributed by atoms with Crippen LogP contribution in [0.2, 0.25) is 0 Å². The van der Waals surface area contributed by atoms with Crippen LogP contribution in [0.1, 0.15) is 25.5 Å². The molecule has 1 N–H and O–H groups in total. The molecule has 0 aliphatic carbocycles. The maximum atomic E-state index is 13.9. The molecule has 0 saturated heterocycles. The van der Waals surface area contributed by atoms with Gasteiger partial charge in [-0.05, 0) is 39.1 Å². The molecule has 0 radical (unpaired) electrons. The van der Waals surface area contributed by atoms with E-state index in [2.05, 4.69) is 21.2 Å². The van der Waals surface area contributed by atoms with Gasteiger partial charge >= 0.3 is 0 Å². The summed E-state index contributed by atoms with van der Waals surface area (Å²) >= 11 is 3.34. The molecule has 0 saturated carbocycles. The topological polar surface area (TPSA) is 30.5 Å². The van der Waals surface area contributed by atoms with Gasteiger partial charge in [-0.1, -0.05) is 15.9 Å². The van der Waals surface area contributed by atoms with Gasteiger partial charge in [0.1, 0.15) is 5.82 Å². The predicted octanol–water partition coefficient (Wildman–Crippen LogP) is 3.25. The van der Waals surface area contributed by atoms with Crippen LogP contribution < -0.4 is 5.32 Å². The second kappa shape index (κ2) is 7.84. The Bertz CT molecular complexity index is 370. The standard InChI is InChI=1S/C13H19BrFNO2/c1-4-17-13(18-5-2)12(16-3)10-8-9(14)6-7-11(10)15/h6-8,12-13,16H,4-5H2,1-3H3. The Morgan fingerprint density at radius 1 is 1.28 bits per heavy atom. The van der Waals surface area contributed by atoms with Gasteiger partial charge in [0.05, 0.1) is 6.04 Å². The van der Waals surface area contributed by atoms with Crippen molar-refractivity contribution >= 4 is 15.9 Å². The van der Waals surface area contributed by atoms with Gasteiger partial charge in [-0.25, -0.2) is 4.39 Å². The summed E-state index contributed by atoms with van der Waals surface area (Å²) in [4.78, 5) is 0. The number of benzene rings is 1. The molecule has 102 valence electrons. The number of ether oxygens (including phenoxy) is 2. The molecule has 5 heteroatoms. The first-order chi connectivity index (χ1) is 8.63. The number of likely N-dealkylation sites (N-methyl/N-ethyl adjacent to an activating group) is 1. The van der Waals surface area contributed by atoms with Crippen LogP contribution >= 0.6 is 15.9 Å². The van der Waals surface area contributed by atoms with E-state index < -0.39 is 6.29 Å². The molecular weight excluding hydrogens is 301 g/mol. The van der Waals surface area contributed by atoms with E-state index >= 15 is 0 Å². The zero-order valence-corrected chi connectivity index (χ0v) is 12.5. The second-order valence-corrected chi connectivity index (χ2v) is 4.63. The zero-order chi connectivity index (χ0) is 13.5. The van der Waals surface area contributed by atoms with E-state index in [0.717, 1.165) is 4.47 Å². The van der Waals surface area contributed by atoms with Gasteiger partial charge in [-0.2, -0.15) is 0 Å². The fourth-order valence-electron chi connectivity index (χ4n) is 1.76. The highest BCUT2D eigenvalue weighted by Gasteiger charge is 2.25. The van der Waals surface area contributed by atoms with Crippen molar-refractivity contribution in [2.24, 2.45) is 0 Å². The van der Waals surface area contributed by atoms with Gasteiger partial charge in [0.15, 0.2) is 6.29 Å². The first-order valence-electron chi connectivity index (χ1n) is 5.99. The van der Waals surface area contributed by atoms with Crippen LogP contribution in [-0.2, 0) is 9.47 Å². The fraction of sp³-hybridized carbons (Fsp3) is 0.538. The van der Waals surface area contributed by atoms with Crippen molar-refractivity contribution in [2.45, 2.75) is 26.2 Å². The summed E-state index contributed by atoms with van der Waals surface area (Å²) in [5, 5.41) is 3.05. The molecule has 18 heavy (non-hydrogen) atoms. The van der Waals surface area contributed by atoms with E-state index in [1.807, 2.05) is 13.8 Å². The van der Waals surface area contributed by atoms with E-state index in [0.29, 0.717) is 18.8 Å². The summed E-state index contributed by atoms with van der Waals surface area (Å²) in [5.41, 5.74) is 0.527. The SMILES string of the molecule is CCOC(OCC)C(NC)c1cc(Br)ccc1F. The summed E-state index contributed by atoms with van der Waals surface area (Å²) in [6.07, 6.45) is -0.506. The molecule has 1 aromatic rings. The van der Waals surface area contributed by atoms with Crippen LogP contribution in [0.25, 0.3) is 0 Å². The summed E-state index contributed by atoms with van der Waals surface area (Å²) in [6.45, 7) is 4.79. The van der Waals surface area contributed by atoms with Gasteiger partial charge in [0.2, 0.25) is 0 Å². The average Bonchev–Trinajstić information content (AvgIpc) is 2.35. The molecule has 0 spiro atoms. The second-order valence-electron chi connectivity index (χ2n) is 3.71. The molecule has 1 atom stereocenters. The largest absolute Gasteiger partial charge is 0.351 e. The lowest BCUT2D eigenvalue weighted by molar-refractivity contribution is -0.154. The first kappa shape index (κ1) is 15.6. The quantitative estimate of drug-likeness (QED) is 0.783. The Morgan fingerprint density at radius 2 is 1.89 bits per heavy atom. The van der Waals surface area contributed by atoms with E-state index in [9.17, 15) is 4.39 Å². The Morgan fingerprint density at radius 3 is 2.39 bits per heavy atom. The molecule has 0 aliphatic heterocycles. The molecule has 0 aliphatic rings. The molecule has 0 fully saturated rings. The Kier molecular flexibility index (Phi) is 6.78. The molecule has 1 unspecified atom stereocenters. The van der Waals surface area contributed by atoms with Gasteiger partial charge in [-0.3, -0.25) is 0 Å². The van der Waals surface area contributed by atoms with Crippen LogP contribution in [0.3, 0.4) is 0 Å². The van der Waals surface area contributed by atoms with Crippen LogP contribution in [0.5, 0.6) is 0 Å². The third kappa shape index (κ3) is 4.02. The number of halogens is 2. The molecule has 0 bridgehead atoms. The van der Waals surface area contributed by atoms with Crippen molar-refractivity contribution in [1.82, 2.24) is 5.32 Å². The third-order valence-electron chi connectivity index (χ3n) is 2.54. The number of rotatable bonds is 7. The maximum Gasteiger partial charge on any atom is 0.176 e. The lowest BCUT2D eigenvalue weighted by atomic mass is 10.1. The smallest absolute Gasteiger partial charge is 0.176 e. The zero-order valence-electron chi connectivity index (χ0n) is 10.9. The maximum absolute atomic E-state index is 13.9. The minimum absolute atomic E-state index is 0.276. The van der Waals surface area contributed by atoms with Gasteiger partial charge in [0, 0.05) is 23.2 Å². The normalized spacial score (nSPS) is 13.0. The van der Waals surface area contributed by atoms with Crippen molar-refractivity contribution in [1.29, 1.82) is 0 Å². The molecule has 0 amide bonds. The summed E-state index contributed by atoms with van der Waals surface area (Å²) < 4.78 is 25.7. The van der Waals surface area contributed by atoms with Crippen LogP contribution in [0.4, 0.5) is 4.39 Å². The van der Waals surface area contributed by atoms with E-state index in [4.69, 9.17) is 9.47 Å². The highest BCUT2D eigenvalue weighted by Crippen LogP contribution is 2.26. The summed E-state index contributed by atoms with van der Waals surface area (Å²) in [5.74, 6) is -0.276. The molecular formula is C13H19BrFNO2. The van der Waals surface area contributed by atoms with Crippen molar-refractivity contribution in [3.8, 4) is 0 Å². The highest BCUT2D eigenvalue weighted by molar-refractivity contribution is 9.10. The molecule has 1 aromatic carbocycles. The number of hydrogen-bond donors (Lipinski definition) is 1. The van der Waals surface area contributed by atoms with Crippen molar-refractivity contribution in [2.75, 3.05) is 20.3 Å². The van der Waals surface area contributed by atoms with Crippen LogP contribution in [0, 0.1) is 5.82 Å². The average molecular weight is 320 g/mol. The highest BCUT2D eigenvalue weighted by atomic mass is 79.9. The van der Waals surface area contributed by atoms with Gasteiger partial charge in [0.25, 0.3) is 0 Å². The van der Waals surface area contributed by atoms with Crippen molar-refractivity contribution in [3.05, 3.63) is 34.1 Å². The Labute approximate surface area is 116 Å².